The Morgan fingerprint density at radius 2 is 1.88 bits per heavy atom. The molecule has 126 valence electrons. The van der Waals surface area contributed by atoms with Crippen molar-refractivity contribution in [2.24, 2.45) is 0 Å². The number of benzene rings is 2. The van der Waals surface area contributed by atoms with Crippen LogP contribution in [0.3, 0.4) is 0 Å². The van der Waals surface area contributed by atoms with Crippen LogP contribution in [0.2, 0.25) is 0 Å². The number of nitro groups is 1. The Labute approximate surface area is 142 Å². The van der Waals surface area contributed by atoms with Crippen LogP contribution in [0, 0.1) is 24.0 Å². The molecule has 3 rings (SSSR count). The quantitative estimate of drug-likeness (QED) is 0.310. The Bertz CT molecular complexity index is 947. The van der Waals surface area contributed by atoms with Gasteiger partial charge in [0.2, 0.25) is 0 Å². The number of aryl methyl sites for hydroxylation is 2. The Kier molecular flexibility index (Phi) is 4.25. The van der Waals surface area contributed by atoms with Crippen molar-refractivity contribution < 1.29 is 19.0 Å². The van der Waals surface area contributed by atoms with Crippen molar-refractivity contribution in [3.63, 3.8) is 0 Å². The van der Waals surface area contributed by atoms with Gasteiger partial charge in [0, 0.05) is 11.6 Å². The summed E-state index contributed by atoms with van der Waals surface area (Å²) in [6.45, 7) is 3.41. The number of hydrogen-bond donors (Lipinski definition) is 0. The first-order valence-electron chi connectivity index (χ1n) is 7.32. The highest BCUT2D eigenvalue weighted by molar-refractivity contribution is 5.91. The fourth-order valence-electron chi connectivity index (χ4n) is 2.13. The van der Waals surface area contributed by atoms with E-state index < -0.39 is 10.9 Å². The molecule has 0 aliphatic carbocycles. The van der Waals surface area contributed by atoms with Gasteiger partial charge in [-0.15, -0.1) is 0 Å². The van der Waals surface area contributed by atoms with Crippen LogP contribution in [0.4, 0.5) is 5.69 Å². The van der Waals surface area contributed by atoms with Gasteiger partial charge in [0.1, 0.15) is 5.75 Å². The van der Waals surface area contributed by atoms with Crippen LogP contribution in [0.15, 0.2) is 47.0 Å². The van der Waals surface area contributed by atoms with Gasteiger partial charge in [0.25, 0.3) is 11.6 Å². The second kappa shape index (κ2) is 6.52. The smallest absolute Gasteiger partial charge is 0.343 e. The molecule has 25 heavy (non-hydrogen) atoms. The maximum atomic E-state index is 12.3. The molecule has 8 nitrogen and oxygen atoms in total. The van der Waals surface area contributed by atoms with Gasteiger partial charge in [0.05, 0.1) is 16.6 Å². The first-order valence-corrected chi connectivity index (χ1v) is 7.32. The Morgan fingerprint density at radius 3 is 2.48 bits per heavy atom. The molecule has 0 aliphatic heterocycles. The summed E-state index contributed by atoms with van der Waals surface area (Å²) < 4.78 is 10.3. The summed E-state index contributed by atoms with van der Waals surface area (Å²) in [7, 11) is 0. The summed E-state index contributed by atoms with van der Waals surface area (Å²) in [6.07, 6.45) is 0. The Hall–Kier alpha value is -3.55. The zero-order valence-corrected chi connectivity index (χ0v) is 13.4. The zero-order valence-electron chi connectivity index (χ0n) is 13.4. The number of rotatable bonds is 4. The van der Waals surface area contributed by atoms with Crippen LogP contribution in [0.1, 0.15) is 21.7 Å². The third-order valence-electron chi connectivity index (χ3n) is 3.48. The van der Waals surface area contributed by atoms with Crippen LogP contribution < -0.4 is 4.74 Å². The zero-order chi connectivity index (χ0) is 18.0. The molecule has 0 fully saturated rings. The van der Waals surface area contributed by atoms with Crippen molar-refractivity contribution in [3.05, 3.63) is 69.5 Å². The molecule has 1 heterocycles. The standard InChI is InChI=1S/C17H13N3O5/c1-10-3-8-14(20(22)23)9-15(10)24-17(21)13-6-4-12(5-7-13)16-18-11(2)19-25-16/h3-9H,1-2H3. The minimum atomic E-state index is -0.614. The lowest BCUT2D eigenvalue weighted by molar-refractivity contribution is -0.384. The summed E-state index contributed by atoms with van der Waals surface area (Å²) in [6, 6.07) is 10.5. The second-order valence-electron chi connectivity index (χ2n) is 5.32. The van der Waals surface area contributed by atoms with Crippen LogP contribution in [0.25, 0.3) is 11.5 Å². The van der Waals surface area contributed by atoms with Gasteiger partial charge in [-0.3, -0.25) is 10.1 Å². The SMILES string of the molecule is Cc1noc(-c2ccc(C(=O)Oc3cc([N+](=O)[O-])ccc3C)cc2)n1. The minimum Gasteiger partial charge on any atom is -0.422 e. The largest absolute Gasteiger partial charge is 0.422 e. The summed E-state index contributed by atoms with van der Waals surface area (Å²) in [5.74, 6) is 0.402. The number of ether oxygens (including phenoxy) is 1. The normalized spacial score (nSPS) is 10.5. The molecule has 1 aromatic heterocycles. The van der Waals surface area contributed by atoms with Gasteiger partial charge < -0.3 is 9.26 Å². The number of non-ortho nitro benzene ring substituents is 1. The predicted molar refractivity (Wildman–Crippen MR) is 87.3 cm³/mol. The number of hydrogen-bond acceptors (Lipinski definition) is 7. The molecular weight excluding hydrogens is 326 g/mol. The highest BCUT2D eigenvalue weighted by Crippen LogP contribution is 2.25. The van der Waals surface area contributed by atoms with E-state index in [1.807, 2.05) is 0 Å². The summed E-state index contributed by atoms with van der Waals surface area (Å²) in [4.78, 5) is 26.7. The summed E-state index contributed by atoms with van der Waals surface area (Å²) >= 11 is 0. The van der Waals surface area contributed by atoms with E-state index in [0.717, 1.165) is 0 Å². The third kappa shape index (κ3) is 3.52. The van der Waals surface area contributed by atoms with Gasteiger partial charge in [-0.2, -0.15) is 4.98 Å². The van der Waals surface area contributed by atoms with E-state index in [9.17, 15) is 14.9 Å². The molecule has 0 radical (unpaired) electrons. The molecule has 0 N–H and O–H groups in total. The van der Waals surface area contributed by atoms with Gasteiger partial charge in [-0.25, -0.2) is 4.79 Å². The summed E-state index contributed by atoms with van der Waals surface area (Å²) in [5, 5.41) is 14.5. The first kappa shape index (κ1) is 16.3. The predicted octanol–water partition coefficient (Wildman–Crippen LogP) is 3.48. The van der Waals surface area contributed by atoms with E-state index >= 15 is 0 Å². The van der Waals surface area contributed by atoms with Crippen LogP contribution in [-0.2, 0) is 0 Å². The maximum Gasteiger partial charge on any atom is 0.343 e. The van der Waals surface area contributed by atoms with E-state index in [4.69, 9.17) is 9.26 Å². The summed E-state index contributed by atoms with van der Waals surface area (Å²) in [5.41, 5.74) is 1.45. The van der Waals surface area contributed by atoms with Crippen LogP contribution >= 0.6 is 0 Å². The van der Waals surface area contributed by atoms with E-state index in [1.165, 1.54) is 18.2 Å². The molecule has 2 aromatic carbocycles. The van der Waals surface area contributed by atoms with Gasteiger partial charge in [0.15, 0.2) is 5.82 Å². The molecule has 0 aliphatic rings. The molecule has 3 aromatic rings. The number of carbonyl (C=O) groups excluding carboxylic acids is 1. The van der Waals surface area contributed by atoms with Crippen molar-refractivity contribution in [2.75, 3.05) is 0 Å². The van der Waals surface area contributed by atoms with E-state index in [1.54, 1.807) is 38.1 Å². The Morgan fingerprint density at radius 1 is 1.16 bits per heavy atom. The third-order valence-corrected chi connectivity index (χ3v) is 3.48. The minimum absolute atomic E-state index is 0.143. The highest BCUT2D eigenvalue weighted by Gasteiger charge is 2.15. The molecule has 0 spiro atoms. The molecule has 0 saturated carbocycles. The molecule has 0 bridgehead atoms. The van der Waals surface area contributed by atoms with Crippen molar-refractivity contribution in [1.82, 2.24) is 10.1 Å². The average Bonchev–Trinajstić information content (AvgIpc) is 3.03. The fraction of sp³-hybridized carbons (Fsp3) is 0.118. The number of carbonyl (C=O) groups is 1. The number of nitro benzene ring substituents is 1. The number of esters is 1. The van der Waals surface area contributed by atoms with E-state index in [-0.39, 0.29) is 11.4 Å². The lowest BCUT2D eigenvalue weighted by Gasteiger charge is -2.07. The van der Waals surface area contributed by atoms with Crippen LogP contribution in [0.5, 0.6) is 5.75 Å². The number of aromatic nitrogens is 2. The Balaban J connectivity index is 1.80. The molecule has 8 heteroatoms. The van der Waals surface area contributed by atoms with Gasteiger partial charge in [-0.05, 0) is 49.7 Å². The lowest BCUT2D eigenvalue weighted by Crippen LogP contribution is -2.09. The first-order chi connectivity index (χ1) is 11.9. The van der Waals surface area contributed by atoms with Crippen molar-refractivity contribution in [1.29, 1.82) is 0 Å². The number of nitrogens with zero attached hydrogens (tertiary/aromatic N) is 3. The molecule has 0 atom stereocenters. The monoisotopic (exact) mass is 339 g/mol. The second-order valence-corrected chi connectivity index (χ2v) is 5.32. The molecule has 0 unspecified atom stereocenters. The highest BCUT2D eigenvalue weighted by atomic mass is 16.6. The van der Waals surface area contributed by atoms with E-state index in [2.05, 4.69) is 10.1 Å². The van der Waals surface area contributed by atoms with Crippen molar-refractivity contribution in [3.8, 4) is 17.2 Å². The van der Waals surface area contributed by atoms with Gasteiger partial charge >= 0.3 is 5.97 Å². The van der Waals surface area contributed by atoms with Gasteiger partial charge in [-0.1, -0.05) is 5.16 Å². The molecule has 0 saturated heterocycles. The van der Waals surface area contributed by atoms with Crippen LogP contribution in [-0.4, -0.2) is 21.0 Å². The van der Waals surface area contributed by atoms with E-state index in [0.29, 0.717) is 28.4 Å². The lowest BCUT2D eigenvalue weighted by atomic mass is 10.1. The molecule has 0 amide bonds. The topological polar surface area (TPSA) is 108 Å². The van der Waals surface area contributed by atoms with Crippen molar-refractivity contribution in [2.45, 2.75) is 13.8 Å². The maximum absolute atomic E-state index is 12.3. The molecular formula is C17H13N3O5. The average molecular weight is 339 g/mol. The fourth-order valence-corrected chi connectivity index (χ4v) is 2.13. The van der Waals surface area contributed by atoms with Crippen molar-refractivity contribution >= 4 is 11.7 Å².